The standard InChI is InChI=1S/C23H15F6N3O/c24-22(25,26)18-7-6-15(10-19(18)23(27,28)29)32-21-17-4-2-1-3-16(17)14(12-31-21)9-13-5-8-20(33)30-11-13/h1-8,10-12H,9H2,(H,30,33)(H,31,32). The maximum absolute atomic E-state index is 13.3. The number of anilines is 2. The van der Waals surface area contributed by atoms with Gasteiger partial charge >= 0.3 is 12.4 Å². The average Bonchev–Trinajstić information content (AvgIpc) is 2.75. The van der Waals surface area contributed by atoms with Crippen molar-refractivity contribution in [2.75, 3.05) is 5.32 Å². The van der Waals surface area contributed by atoms with Gasteiger partial charge in [0.2, 0.25) is 5.88 Å². The molecule has 2 aromatic heterocycles. The van der Waals surface area contributed by atoms with Gasteiger partial charge in [-0.2, -0.15) is 26.3 Å². The van der Waals surface area contributed by atoms with Crippen LogP contribution in [0.25, 0.3) is 10.8 Å². The molecule has 0 unspecified atom stereocenters. The number of nitrogens with one attached hydrogen (secondary N) is 1. The number of pyridine rings is 2. The van der Waals surface area contributed by atoms with Crippen molar-refractivity contribution >= 4 is 22.3 Å². The fourth-order valence-corrected chi connectivity index (χ4v) is 3.47. The summed E-state index contributed by atoms with van der Waals surface area (Å²) in [5, 5.41) is 13.4. The van der Waals surface area contributed by atoms with E-state index < -0.39 is 23.5 Å². The molecule has 0 fully saturated rings. The fraction of sp³-hybridized carbons (Fsp3) is 0.130. The first-order valence-electron chi connectivity index (χ1n) is 9.58. The summed E-state index contributed by atoms with van der Waals surface area (Å²) in [6.45, 7) is 0. The van der Waals surface area contributed by atoms with E-state index in [1.54, 1.807) is 30.3 Å². The zero-order valence-electron chi connectivity index (χ0n) is 16.7. The summed E-state index contributed by atoms with van der Waals surface area (Å²) in [4.78, 5) is 8.13. The van der Waals surface area contributed by atoms with E-state index in [4.69, 9.17) is 0 Å². The molecule has 2 aromatic carbocycles. The average molecular weight is 463 g/mol. The molecule has 4 rings (SSSR count). The number of nitrogens with zero attached hydrogens (tertiary/aromatic N) is 2. The second kappa shape index (κ2) is 8.27. The van der Waals surface area contributed by atoms with Crippen LogP contribution in [0.3, 0.4) is 0 Å². The summed E-state index contributed by atoms with van der Waals surface area (Å²) in [5.41, 5.74) is -2.11. The molecule has 0 radical (unpaired) electrons. The van der Waals surface area contributed by atoms with Crippen LogP contribution in [-0.2, 0) is 18.8 Å². The number of benzene rings is 2. The number of alkyl halides is 6. The Balaban J connectivity index is 1.72. The Bertz CT molecular complexity index is 1300. The number of rotatable bonds is 4. The van der Waals surface area contributed by atoms with Crippen molar-refractivity contribution in [2.24, 2.45) is 0 Å². The van der Waals surface area contributed by atoms with Gasteiger partial charge in [0.05, 0.1) is 11.1 Å². The van der Waals surface area contributed by atoms with Gasteiger partial charge < -0.3 is 10.4 Å². The number of fused-ring (bicyclic) bond motifs is 1. The fourth-order valence-electron chi connectivity index (χ4n) is 3.47. The minimum Gasteiger partial charge on any atom is -0.493 e. The van der Waals surface area contributed by atoms with Crippen molar-refractivity contribution in [3.8, 4) is 5.88 Å². The summed E-state index contributed by atoms with van der Waals surface area (Å²) in [6.07, 6.45) is -6.85. The number of aromatic hydroxyl groups is 1. The van der Waals surface area contributed by atoms with E-state index in [0.717, 1.165) is 22.6 Å². The Morgan fingerprint density at radius 2 is 1.45 bits per heavy atom. The van der Waals surface area contributed by atoms with Crippen LogP contribution in [0.4, 0.5) is 37.8 Å². The van der Waals surface area contributed by atoms with E-state index in [2.05, 4.69) is 15.3 Å². The molecule has 0 saturated heterocycles. The van der Waals surface area contributed by atoms with Gasteiger partial charge in [-0.25, -0.2) is 9.97 Å². The first-order valence-corrected chi connectivity index (χ1v) is 9.58. The van der Waals surface area contributed by atoms with Crippen molar-refractivity contribution in [3.63, 3.8) is 0 Å². The zero-order chi connectivity index (χ0) is 23.8. The predicted molar refractivity (Wildman–Crippen MR) is 110 cm³/mol. The monoisotopic (exact) mass is 463 g/mol. The number of hydrogen-bond donors (Lipinski definition) is 2. The first-order chi connectivity index (χ1) is 15.5. The molecule has 0 atom stereocenters. The molecular weight excluding hydrogens is 448 g/mol. The third-order valence-corrected chi connectivity index (χ3v) is 4.97. The van der Waals surface area contributed by atoms with Gasteiger partial charge in [-0.15, -0.1) is 0 Å². The largest absolute Gasteiger partial charge is 0.493 e. The van der Waals surface area contributed by atoms with Crippen LogP contribution in [0.1, 0.15) is 22.3 Å². The molecule has 0 aliphatic carbocycles. The van der Waals surface area contributed by atoms with Crippen LogP contribution in [-0.4, -0.2) is 15.1 Å². The van der Waals surface area contributed by atoms with E-state index in [-0.39, 0.29) is 17.4 Å². The molecule has 0 saturated carbocycles. The lowest BCUT2D eigenvalue weighted by Gasteiger charge is -2.18. The summed E-state index contributed by atoms with van der Waals surface area (Å²) < 4.78 is 78.9. The number of hydrogen-bond acceptors (Lipinski definition) is 4. The maximum Gasteiger partial charge on any atom is 0.417 e. The number of halogens is 6. The molecule has 33 heavy (non-hydrogen) atoms. The van der Waals surface area contributed by atoms with Gasteiger partial charge in [0.25, 0.3) is 0 Å². The molecule has 0 bridgehead atoms. The molecule has 4 aromatic rings. The van der Waals surface area contributed by atoms with E-state index in [1.807, 2.05) is 0 Å². The first kappa shape index (κ1) is 22.4. The molecule has 170 valence electrons. The van der Waals surface area contributed by atoms with E-state index in [0.29, 0.717) is 23.9 Å². The van der Waals surface area contributed by atoms with Crippen molar-refractivity contribution in [2.45, 2.75) is 18.8 Å². The van der Waals surface area contributed by atoms with Gasteiger partial charge in [0, 0.05) is 36.0 Å². The van der Waals surface area contributed by atoms with Gasteiger partial charge in [0.1, 0.15) is 5.82 Å². The van der Waals surface area contributed by atoms with Crippen LogP contribution in [0.5, 0.6) is 5.88 Å². The quantitative estimate of drug-likeness (QED) is 0.331. The van der Waals surface area contributed by atoms with Crippen LogP contribution in [0.15, 0.2) is 67.0 Å². The van der Waals surface area contributed by atoms with E-state index >= 15 is 0 Å². The van der Waals surface area contributed by atoms with Gasteiger partial charge in [-0.3, -0.25) is 0 Å². The van der Waals surface area contributed by atoms with Crippen LogP contribution >= 0.6 is 0 Å². The molecular formula is C23H15F6N3O. The lowest BCUT2D eigenvalue weighted by molar-refractivity contribution is -0.162. The predicted octanol–water partition coefficient (Wildman–Crippen LogP) is 6.71. The normalized spacial score (nSPS) is 12.2. The molecule has 2 heterocycles. The third kappa shape index (κ3) is 4.84. The highest BCUT2D eigenvalue weighted by atomic mass is 19.4. The lowest BCUT2D eigenvalue weighted by atomic mass is 10.0. The van der Waals surface area contributed by atoms with Crippen LogP contribution in [0.2, 0.25) is 0 Å². The second-order valence-corrected chi connectivity index (χ2v) is 7.26. The van der Waals surface area contributed by atoms with Gasteiger partial charge in [0.15, 0.2) is 0 Å². The highest BCUT2D eigenvalue weighted by molar-refractivity contribution is 5.95. The summed E-state index contributed by atoms with van der Waals surface area (Å²) in [6, 6.07) is 11.9. The Kier molecular flexibility index (Phi) is 5.61. The molecule has 10 heteroatoms. The number of aromatic nitrogens is 2. The van der Waals surface area contributed by atoms with E-state index in [9.17, 15) is 31.4 Å². The van der Waals surface area contributed by atoms with Crippen LogP contribution < -0.4 is 5.32 Å². The Labute approximate surface area is 183 Å². The second-order valence-electron chi connectivity index (χ2n) is 7.26. The van der Waals surface area contributed by atoms with Crippen molar-refractivity contribution in [1.29, 1.82) is 0 Å². The minimum absolute atomic E-state index is 0.115. The molecule has 0 spiro atoms. The molecule has 0 amide bonds. The van der Waals surface area contributed by atoms with Gasteiger partial charge in [-0.1, -0.05) is 30.3 Å². The molecule has 0 aliphatic rings. The summed E-state index contributed by atoms with van der Waals surface area (Å²) >= 11 is 0. The lowest BCUT2D eigenvalue weighted by Crippen LogP contribution is -2.16. The van der Waals surface area contributed by atoms with Crippen LogP contribution in [0, 0.1) is 0 Å². The molecule has 0 aliphatic heterocycles. The van der Waals surface area contributed by atoms with Crippen molar-refractivity contribution in [3.05, 3.63) is 89.2 Å². The highest BCUT2D eigenvalue weighted by Crippen LogP contribution is 2.42. The summed E-state index contributed by atoms with van der Waals surface area (Å²) in [7, 11) is 0. The highest BCUT2D eigenvalue weighted by Gasteiger charge is 2.43. The smallest absolute Gasteiger partial charge is 0.417 e. The van der Waals surface area contributed by atoms with Crippen molar-refractivity contribution in [1.82, 2.24) is 9.97 Å². The Morgan fingerprint density at radius 3 is 2.09 bits per heavy atom. The minimum atomic E-state index is -5.18. The summed E-state index contributed by atoms with van der Waals surface area (Å²) in [5.74, 6) is 0.0853. The Morgan fingerprint density at radius 1 is 0.758 bits per heavy atom. The van der Waals surface area contributed by atoms with Gasteiger partial charge in [-0.05, 0) is 34.7 Å². The van der Waals surface area contributed by atoms with E-state index in [1.165, 1.54) is 18.5 Å². The maximum atomic E-state index is 13.3. The van der Waals surface area contributed by atoms with Crippen molar-refractivity contribution < 1.29 is 31.4 Å². The third-order valence-electron chi connectivity index (χ3n) is 4.97. The molecule has 4 nitrogen and oxygen atoms in total. The topological polar surface area (TPSA) is 58.0 Å². The zero-order valence-corrected chi connectivity index (χ0v) is 16.7. The Hall–Kier alpha value is -3.82. The SMILES string of the molecule is Oc1ccc(Cc2cnc(Nc3ccc(C(F)(F)F)c(C(F)(F)F)c3)c3ccccc23)cn1. The molecule has 2 N–H and O–H groups in total.